The van der Waals surface area contributed by atoms with Crippen LogP contribution in [0.2, 0.25) is 0 Å². The van der Waals surface area contributed by atoms with E-state index in [2.05, 4.69) is 12.2 Å². The summed E-state index contributed by atoms with van der Waals surface area (Å²) in [6, 6.07) is 6.86. The van der Waals surface area contributed by atoms with Crippen molar-refractivity contribution in [2.45, 2.75) is 129 Å². The second-order valence-corrected chi connectivity index (χ2v) is 18.2. The summed E-state index contributed by atoms with van der Waals surface area (Å²) in [5, 5.41) is 2.87. The molecule has 62 heavy (non-hydrogen) atoms. The molecule has 16 nitrogen and oxygen atoms in total. The number of esters is 1. The number of nitrogens with zero attached hydrogens (tertiary/aromatic N) is 6. The molecule has 0 radical (unpaired) electrons. The molecule has 0 bridgehead atoms. The van der Waals surface area contributed by atoms with Crippen LogP contribution in [0.25, 0.3) is 0 Å². The molecule has 16 heteroatoms. The van der Waals surface area contributed by atoms with E-state index in [1.807, 2.05) is 103 Å². The monoisotopic (exact) mass is 874 g/mol. The van der Waals surface area contributed by atoms with Crippen LogP contribution in [0.1, 0.15) is 86.6 Å². The van der Waals surface area contributed by atoms with E-state index >= 15 is 0 Å². The summed E-state index contributed by atoms with van der Waals surface area (Å²) >= 11 is 0. The summed E-state index contributed by atoms with van der Waals surface area (Å²) in [4.78, 5) is 81.9. The van der Waals surface area contributed by atoms with Gasteiger partial charge in [0, 0.05) is 75.5 Å². The molecule has 0 aliphatic carbocycles. The van der Waals surface area contributed by atoms with Crippen LogP contribution in [0.5, 0.6) is 0 Å². The number of amides is 4. The van der Waals surface area contributed by atoms with Gasteiger partial charge < -0.3 is 48.8 Å². The van der Waals surface area contributed by atoms with Crippen LogP contribution in [0.3, 0.4) is 0 Å². The molecule has 1 unspecified atom stereocenters. The molecule has 352 valence electrons. The number of aliphatic imine (C=N–C) groups is 1. The van der Waals surface area contributed by atoms with Crippen LogP contribution < -0.4 is 5.32 Å². The predicted octanol–water partition coefficient (Wildman–Crippen LogP) is 4.55. The number of methoxy groups -OCH3 is 3. The van der Waals surface area contributed by atoms with Gasteiger partial charge in [0.1, 0.15) is 17.7 Å². The van der Waals surface area contributed by atoms with Crippen LogP contribution in [0, 0.1) is 17.8 Å². The molecule has 1 heterocycles. The third-order valence-corrected chi connectivity index (χ3v) is 11.7. The second kappa shape index (κ2) is 25.0. The van der Waals surface area contributed by atoms with E-state index in [9.17, 15) is 24.0 Å². The van der Waals surface area contributed by atoms with Gasteiger partial charge >= 0.3 is 12.1 Å². The van der Waals surface area contributed by atoms with Crippen molar-refractivity contribution in [3.8, 4) is 0 Å². The van der Waals surface area contributed by atoms with E-state index in [0.717, 1.165) is 18.4 Å². The Morgan fingerprint density at radius 2 is 1.52 bits per heavy atom. The lowest BCUT2D eigenvalue weighted by Gasteiger charge is -2.40. The van der Waals surface area contributed by atoms with Gasteiger partial charge in [-0.25, -0.2) is 14.6 Å². The summed E-state index contributed by atoms with van der Waals surface area (Å²) in [6.45, 7) is 16.5. The Kier molecular flexibility index (Phi) is 21.7. The highest BCUT2D eigenvalue weighted by Gasteiger charge is 2.43. The van der Waals surface area contributed by atoms with Gasteiger partial charge in [0.2, 0.25) is 17.7 Å². The fourth-order valence-electron chi connectivity index (χ4n) is 8.00. The molecule has 4 amide bonds. The van der Waals surface area contributed by atoms with Crippen molar-refractivity contribution in [2.24, 2.45) is 22.7 Å². The van der Waals surface area contributed by atoms with Gasteiger partial charge in [-0.15, -0.1) is 0 Å². The van der Waals surface area contributed by atoms with Crippen molar-refractivity contribution in [3.05, 3.63) is 35.9 Å². The van der Waals surface area contributed by atoms with Crippen LogP contribution in [0.4, 0.5) is 4.79 Å². The van der Waals surface area contributed by atoms with Crippen molar-refractivity contribution >= 4 is 35.7 Å². The largest absolute Gasteiger partial charge is 0.467 e. The summed E-state index contributed by atoms with van der Waals surface area (Å²) in [6.07, 6.45) is 0.622. The third kappa shape index (κ3) is 15.4. The first-order valence-electron chi connectivity index (χ1n) is 22.0. The van der Waals surface area contributed by atoms with Crippen molar-refractivity contribution < 1.29 is 42.9 Å². The zero-order valence-electron chi connectivity index (χ0n) is 40.6. The van der Waals surface area contributed by atoms with Gasteiger partial charge in [0.25, 0.3) is 0 Å². The fraction of sp³-hybridized carbons (Fsp3) is 0.739. The van der Waals surface area contributed by atoms with Crippen molar-refractivity contribution in [1.82, 2.24) is 29.8 Å². The number of guanidine groups is 1. The molecule has 0 spiro atoms. The van der Waals surface area contributed by atoms with Crippen LogP contribution >= 0.6 is 0 Å². The van der Waals surface area contributed by atoms with Gasteiger partial charge in [0.05, 0.1) is 43.7 Å². The molecule has 1 N–H and O–H groups in total. The van der Waals surface area contributed by atoms with Crippen LogP contribution in [0.15, 0.2) is 35.3 Å². The zero-order valence-corrected chi connectivity index (χ0v) is 40.6. The number of ether oxygens (including phenoxy) is 4. The maximum absolute atomic E-state index is 14.6. The first-order chi connectivity index (χ1) is 29.0. The van der Waals surface area contributed by atoms with Gasteiger partial charge in [-0.05, 0) is 51.0 Å². The number of hydrogen-bond acceptors (Lipinski definition) is 10. The number of rotatable bonds is 21. The highest BCUT2D eigenvalue weighted by Crippen LogP contribution is 2.30. The average molecular weight is 874 g/mol. The van der Waals surface area contributed by atoms with E-state index in [1.165, 1.54) is 19.1 Å². The Bertz CT molecular complexity index is 1620. The molecule has 1 aromatic carbocycles. The Morgan fingerprint density at radius 3 is 2.03 bits per heavy atom. The molecule has 1 aromatic rings. The Hall–Kier alpha value is -4.44. The summed E-state index contributed by atoms with van der Waals surface area (Å²) in [5.74, 6) is -1.64. The number of carbonyl (C=O) groups excluding carboxylic acids is 5. The Morgan fingerprint density at radius 1 is 0.903 bits per heavy atom. The van der Waals surface area contributed by atoms with Gasteiger partial charge in [0.15, 0.2) is 5.96 Å². The number of likely N-dealkylation sites (tertiary alicyclic amines) is 1. The highest BCUT2D eigenvalue weighted by atomic mass is 16.6. The minimum Gasteiger partial charge on any atom is -0.467 e. The minimum atomic E-state index is -0.898. The quantitative estimate of drug-likeness (QED) is 0.105. The Balaban J connectivity index is 2.32. The Labute approximate surface area is 372 Å². The lowest BCUT2D eigenvalue weighted by Crippen LogP contribution is -2.55. The highest BCUT2D eigenvalue weighted by molar-refractivity contribution is 5.88. The lowest BCUT2D eigenvalue weighted by atomic mass is 9.89. The molecule has 0 aromatic heterocycles. The first-order valence-corrected chi connectivity index (χ1v) is 22.0. The van der Waals surface area contributed by atoms with E-state index in [0.29, 0.717) is 32.0 Å². The average Bonchev–Trinajstić information content (AvgIpc) is 3.71. The molecular weight excluding hydrogens is 795 g/mol. The van der Waals surface area contributed by atoms with E-state index in [-0.39, 0.29) is 42.4 Å². The number of benzene rings is 1. The van der Waals surface area contributed by atoms with Gasteiger partial charge in [-0.3, -0.25) is 14.4 Å². The predicted molar refractivity (Wildman–Crippen MR) is 241 cm³/mol. The van der Waals surface area contributed by atoms with Gasteiger partial charge in [-0.1, -0.05) is 71.4 Å². The second-order valence-electron chi connectivity index (χ2n) is 18.2. The normalized spacial score (nSPS) is 17.9. The van der Waals surface area contributed by atoms with E-state index < -0.39 is 60.0 Å². The number of hydrogen-bond donors (Lipinski definition) is 1. The number of carbonyl (C=O) groups is 5. The summed E-state index contributed by atoms with van der Waals surface area (Å²) < 4.78 is 22.6. The third-order valence-electron chi connectivity index (χ3n) is 11.7. The first kappa shape index (κ1) is 53.7. The van der Waals surface area contributed by atoms with E-state index in [4.69, 9.17) is 23.9 Å². The molecule has 8 atom stereocenters. The van der Waals surface area contributed by atoms with E-state index in [1.54, 1.807) is 37.9 Å². The van der Waals surface area contributed by atoms with Crippen molar-refractivity contribution in [2.75, 3.05) is 76.2 Å². The maximum atomic E-state index is 14.6. The van der Waals surface area contributed by atoms with Crippen LogP contribution in [-0.2, 0) is 44.5 Å². The van der Waals surface area contributed by atoms with Crippen molar-refractivity contribution in [1.29, 1.82) is 0 Å². The molecule has 1 fully saturated rings. The number of likely N-dealkylation sites (N-methyl/N-ethyl adjacent to an activating group) is 3. The van der Waals surface area contributed by atoms with Crippen molar-refractivity contribution in [3.63, 3.8) is 0 Å². The SMILES string of the molecule is CC[C@H](C)[C@@H]([C@@H](CC(=O)N1CCC[C@H]1[C@H](OC)[C@@H](C)C(=O)NC(Cc1ccccc1)C(=O)OC)OC)N(C)C(=O)[C@@H](N=C(N(C)C)N(C)CCN(C)C(=O)OC(C)(C)C)C(C)C. The fourth-order valence-corrected chi connectivity index (χ4v) is 8.00. The zero-order chi connectivity index (χ0) is 47.1. The standard InChI is InChI=1S/C46H79N7O9/c1-17-31(4)39(52(13)42(56)38(30(2)3)48-44(49(9)10)50(11)26-27-51(12)45(58)62-46(6,7)8)36(59-14)29-37(54)53-25-21-24-35(53)40(60-15)32(5)41(55)47-34(43(57)61-16)28-33-22-19-18-20-23-33/h18-20,22-23,30-32,34-36,38-40H,17,21,24-29H2,1-16H3,(H,47,55)/t31-,32+,34?,35-,36+,38-,39-,40+/m0/s1. The number of nitrogens with one attached hydrogen (secondary N) is 1. The minimum absolute atomic E-state index is 0.00456. The molecule has 2 rings (SSSR count). The summed E-state index contributed by atoms with van der Waals surface area (Å²) in [5.41, 5.74) is 0.259. The summed E-state index contributed by atoms with van der Waals surface area (Å²) in [7, 11) is 13.4. The smallest absolute Gasteiger partial charge is 0.410 e. The maximum Gasteiger partial charge on any atom is 0.410 e. The topological polar surface area (TPSA) is 163 Å². The van der Waals surface area contributed by atoms with Crippen LogP contribution in [-0.4, -0.2) is 178 Å². The molecular formula is C46H79N7O9. The van der Waals surface area contributed by atoms with Gasteiger partial charge in [-0.2, -0.15) is 0 Å². The molecule has 1 saturated heterocycles. The molecule has 1 aliphatic heterocycles. The molecule has 0 saturated carbocycles. The lowest BCUT2D eigenvalue weighted by molar-refractivity contribution is -0.148. The molecule has 1 aliphatic rings.